The Morgan fingerprint density at radius 1 is 1.00 bits per heavy atom. The van der Waals surface area contributed by atoms with Crippen LogP contribution in [0.25, 0.3) is 6.08 Å². The molecular weight excluding hydrogens is 190 g/mol. The summed E-state index contributed by atoms with van der Waals surface area (Å²) in [6.07, 6.45) is 3.85. The first-order chi connectivity index (χ1) is 7.36. The highest BCUT2D eigenvalue weighted by Gasteiger charge is 1.95. The fraction of sp³-hybridized carbons (Fsp3) is 0.333. The number of benzene rings is 1. The Morgan fingerprint density at radius 2 is 1.60 bits per heavy atom. The van der Waals surface area contributed by atoms with E-state index >= 15 is 0 Å². The zero-order valence-corrected chi connectivity index (χ0v) is 8.71. The third-order valence-electron chi connectivity index (χ3n) is 2.05. The fourth-order valence-electron chi connectivity index (χ4n) is 1.27. The quantitative estimate of drug-likeness (QED) is 0.729. The molecule has 15 heavy (non-hydrogen) atoms. The summed E-state index contributed by atoms with van der Waals surface area (Å²) in [4.78, 5) is 1.88. The monoisotopic (exact) mass is 207 g/mol. The summed E-state index contributed by atoms with van der Waals surface area (Å²) in [6.45, 7) is 1.28. The Hall–Kier alpha value is -1.32. The molecule has 0 aromatic heterocycles. The summed E-state index contributed by atoms with van der Waals surface area (Å²) in [6, 6.07) is 9.93. The van der Waals surface area contributed by atoms with Gasteiger partial charge in [0.2, 0.25) is 0 Å². The minimum atomic E-state index is 0.0964. The van der Waals surface area contributed by atoms with Crippen molar-refractivity contribution in [3.05, 3.63) is 42.1 Å². The van der Waals surface area contributed by atoms with Crippen molar-refractivity contribution in [2.45, 2.75) is 0 Å². The average molecular weight is 207 g/mol. The molecule has 3 heteroatoms. The maximum atomic E-state index is 8.80. The highest BCUT2D eigenvalue weighted by molar-refractivity contribution is 5.48. The van der Waals surface area contributed by atoms with Crippen molar-refractivity contribution in [1.82, 2.24) is 4.90 Å². The van der Waals surface area contributed by atoms with Crippen LogP contribution in [0.1, 0.15) is 5.56 Å². The molecule has 1 rings (SSSR count). The number of aliphatic hydroxyl groups excluding tert-OH is 2. The topological polar surface area (TPSA) is 43.7 Å². The van der Waals surface area contributed by atoms with Gasteiger partial charge in [0.15, 0.2) is 0 Å². The molecule has 0 heterocycles. The largest absolute Gasteiger partial charge is 0.395 e. The second-order valence-electron chi connectivity index (χ2n) is 3.21. The average Bonchev–Trinajstić information content (AvgIpc) is 2.28. The summed E-state index contributed by atoms with van der Waals surface area (Å²) in [5.41, 5.74) is 1.11. The van der Waals surface area contributed by atoms with Crippen LogP contribution in [-0.4, -0.2) is 41.4 Å². The van der Waals surface area contributed by atoms with E-state index in [0.717, 1.165) is 5.56 Å². The van der Waals surface area contributed by atoms with E-state index in [4.69, 9.17) is 10.2 Å². The first kappa shape index (κ1) is 11.8. The number of aliphatic hydroxyl groups is 2. The minimum absolute atomic E-state index is 0.0964. The van der Waals surface area contributed by atoms with Crippen molar-refractivity contribution in [3.8, 4) is 0 Å². The molecule has 0 spiro atoms. The molecular formula is C12H17NO2. The summed E-state index contributed by atoms with van der Waals surface area (Å²) in [5.74, 6) is 0. The van der Waals surface area contributed by atoms with E-state index in [0.29, 0.717) is 13.1 Å². The van der Waals surface area contributed by atoms with Gasteiger partial charge >= 0.3 is 0 Å². The van der Waals surface area contributed by atoms with E-state index in [-0.39, 0.29) is 13.2 Å². The first-order valence-corrected chi connectivity index (χ1v) is 5.06. The van der Waals surface area contributed by atoms with E-state index in [1.807, 2.05) is 47.5 Å². The Bertz CT molecular complexity index is 279. The lowest BCUT2D eigenvalue weighted by Crippen LogP contribution is -2.24. The summed E-state index contributed by atoms with van der Waals surface area (Å²) in [7, 11) is 0. The fourth-order valence-corrected chi connectivity index (χ4v) is 1.27. The smallest absolute Gasteiger partial charge is 0.0606 e. The third kappa shape index (κ3) is 4.63. The summed E-state index contributed by atoms with van der Waals surface area (Å²) < 4.78 is 0. The Morgan fingerprint density at radius 3 is 2.13 bits per heavy atom. The lowest BCUT2D eigenvalue weighted by molar-refractivity contribution is 0.199. The Labute approximate surface area is 90.3 Å². The standard InChI is InChI=1S/C12H17NO2/c14-10-8-13(9-11-15)7-6-12-4-2-1-3-5-12/h1-7,14-15H,8-11H2. The van der Waals surface area contributed by atoms with Crippen molar-refractivity contribution < 1.29 is 10.2 Å². The van der Waals surface area contributed by atoms with Crippen LogP contribution in [0, 0.1) is 0 Å². The van der Waals surface area contributed by atoms with Gasteiger partial charge < -0.3 is 15.1 Å². The SMILES string of the molecule is OCCN(C=Cc1ccccc1)CCO. The van der Waals surface area contributed by atoms with Gasteiger partial charge in [-0.2, -0.15) is 0 Å². The van der Waals surface area contributed by atoms with Gasteiger partial charge in [-0.3, -0.25) is 0 Å². The van der Waals surface area contributed by atoms with Crippen LogP contribution >= 0.6 is 0 Å². The molecule has 0 saturated carbocycles. The maximum Gasteiger partial charge on any atom is 0.0606 e. The van der Waals surface area contributed by atoms with Gasteiger partial charge in [-0.15, -0.1) is 0 Å². The molecule has 82 valence electrons. The minimum Gasteiger partial charge on any atom is -0.395 e. The van der Waals surface area contributed by atoms with Gasteiger partial charge in [-0.25, -0.2) is 0 Å². The molecule has 0 amide bonds. The van der Waals surface area contributed by atoms with Crippen LogP contribution in [0.2, 0.25) is 0 Å². The Balaban J connectivity index is 2.53. The molecule has 3 nitrogen and oxygen atoms in total. The van der Waals surface area contributed by atoms with Crippen LogP contribution < -0.4 is 0 Å². The molecule has 1 aromatic carbocycles. The number of hydrogen-bond acceptors (Lipinski definition) is 3. The van der Waals surface area contributed by atoms with E-state index < -0.39 is 0 Å². The molecule has 0 aliphatic rings. The number of nitrogens with zero attached hydrogens (tertiary/aromatic N) is 1. The predicted octanol–water partition coefficient (Wildman–Crippen LogP) is 0.944. The van der Waals surface area contributed by atoms with Crippen LogP contribution in [-0.2, 0) is 0 Å². The van der Waals surface area contributed by atoms with Crippen molar-refractivity contribution in [1.29, 1.82) is 0 Å². The molecule has 1 aromatic rings. The molecule has 2 N–H and O–H groups in total. The van der Waals surface area contributed by atoms with Crippen LogP contribution in [0.5, 0.6) is 0 Å². The molecule has 0 unspecified atom stereocenters. The van der Waals surface area contributed by atoms with Crippen LogP contribution in [0.3, 0.4) is 0 Å². The van der Waals surface area contributed by atoms with Crippen molar-refractivity contribution in [2.75, 3.05) is 26.3 Å². The van der Waals surface area contributed by atoms with E-state index in [9.17, 15) is 0 Å². The maximum absolute atomic E-state index is 8.80. The number of hydrogen-bond donors (Lipinski definition) is 2. The van der Waals surface area contributed by atoms with Gasteiger partial charge in [-0.05, 0) is 17.8 Å². The van der Waals surface area contributed by atoms with Crippen molar-refractivity contribution in [3.63, 3.8) is 0 Å². The molecule has 0 aliphatic heterocycles. The molecule has 0 fully saturated rings. The summed E-state index contributed by atoms with van der Waals surface area (Å²) in [5, 5.41) is 17.6. The van der Waals surface area contributed by atoms with E-state index in [1.165, 1.54) is 0 Å². The molecule has 0 saturated heterocycles. The third-order valence-corrected chi connectivity index (χ3v) is 2.05. The molecule has 0 radical (unpaired) electrons. The van der Waals surface area contributed by atoms with Crippen molar-refractivity contribution in [2.24, 2.45) is 0 Å². The zero-order valence-electron chi connectivity index (χ0n) is 8.71. The highest BCUT2D eigenvalue weighted by atomic mass is 16.3. The molecule has 0 atom stereocenters. The van der Waals surface area contributed by atoms with Crippen LogP contribution in [0.4, 0.5) is 0 Å². The molecule has 0 aliphatic carbocycles. The van der Waals surface area contributed by atoms with Gasteiger partial charge in [0.05, 0.1) is 13.2 Å². The van der Waals surface area contributed by atoms with Gasteiger partial charge in [0, 0.05) is 13.1 Å². The predicted molar refractivity (Wildman–Crippen MR) is 61.2 cm³/mol. The normalized spacial score (nSPS) is 10.8. The second-order valence-corrected chi connectivity index (χ2v) is 3.21. The molecule has 0 bridgehead atoms. The van der Waals surface area contributed by atoms with E-state index in [1.54, 1.807) is 0 Å². The van der Waals surface area contributed by atoms with E-state index in [2.05, 4.69) is 0 Å². The van der Waals surface area contributed by atoms with Crippen LogP contribution in [0.15, 0.2) is 36.5 Å². The van der Waals surface area contributed by atoms with Gasteiger partial charge in [-0.1, -0.05) is 30.3 Å². The number of rotatable bonds is 6. The Kier molecular flexibility index (Phi) is 5.51. The summed E-state index contributed by atoms with van der Waals surface area (Å²) >= 11 is 0. The van der Waals surface area contributed by atoms with Gasteiger partial charge in [0.1, 0.15) is 0 Å². The van der Waals surface area contributed by atoms with Gasteiger partial charge in [0.25, 0.3) is 0 Å². The lowest BCUT2D eigenvalue weighted by Gasteiger charge is -2.17. The zero-order chi connectivity index (χ0) is 10.9. The lowest BCUT2D eigenvalue weighted by atomic mass is 10.2. The first-order valence-electron chi connectivity index (χ1n) is 5.06. The second kappa shape index (κ2) is 7.04. The van der Waals surface area contributed by atoms with Crippen molar-refractivity contribution >= 4 is 6.08 Å². The highest BCUT2D eigenvalue weighted by Crippen LogP contribution is 2.02.